The molecule has 0 aliphatic carbocycles. The quantitative estimate of drug-likeness (QED) is 0.835. The van der Waals surface area contributed by atoms with Crippen LogP contribution in [-0.2, 0) is 13.1 Å². The first-order valence-electron chi connectivity index (χ1n) is 6.73. The van der Waals surface area contributed by atoms with Crippen LogP contribution >= 0.6 is 0 Å². The van der Waals surface area contributed by atoms with Crippen molar-refractivity contribution in [3.63, 3.8) is 0 Å². The highest BCUT2D eigenvalue weighted by molar-refractivity contribution is 5.46. The molecule has 1 atom stereocenters. The normalized spacial score (nSPS) is 16.6. The first kappa shape index (κ1) is 12.3. The Kier molecular flexibility index (Phi) is 2.86. The molecule has 2 N–H and O–H groups in total. The fourth-order valence-corrected chi connectivity index (χ4v) is 2.98. The molecular weight excluding hydrogens is 236 g/mol. The number of benzene rings is 1. The maximum atomic E-state index is 5.86. The zero-order valence-corrected chi connectivity index (χ0v) is 11.7. The molecule has 1 aliphatic rings. The van der Waals surface area contributed by atoms with Crippen molar-refractivity contribution in [2.45, 2.75) is 39.9 Å². The Morgan fingerprint density at radius 1 is 1.16 bits per heavy atom. The topological polar surface area (TPSA) is 42.4 Å². The van der Waals surface area contributed by atoms with Gasteiger partial charge >= 0.3 is 0 Å². The zero-order chi connectivity index (χ0) is 13.6. The standard InChI is InChI=1S/C16H20N2O/c1-10-6-16(12(3)19-10)11(2)18-8-13-4-5-15(17)7-14(13)9-18/h4-7,11H,8-9,17H2,1-3H3. The highest BCUT2D eigenvalue weighted by Crippen LogP contribution is 2.34. The van der Waals surface area contributed by atoms with E-state index in [4.69, 9.17) is 10.2 Å². The third-order valence-electron chi connectivity index (χ3n) is 4.05. The summed E-state index contributed by atoms with van der Waals surface area (Å²) in [6.07, 6.45) is 0. The van der Waals surface area contributed by atoms with Crippen LogP contribution in [0.15, 0.2) is 28.7 Å². The van der Waals surface area contributed by atoms with Gasteiger partial charge in [-0.3, -0.25) is 4.90 Å². The molecule has 3 nitrogen and oxygen atoms in total. The minimum absolute atomic E-state index is 0.367. The third kappa shape index (κ3) is 2.15. The van der Waals surface area contributed by atoms with Gasteiger partial charge in [-0.2, -0.15) is 0 Å². The number of hydrogen-bond donors (Lipinski definition) is 1. The molecule has 0 saturated carbocycles. The van der Waals surface area contributed by atoms with Gasteiger partial charge in [0.1, 0.15) is 11.5 Å². The van der Waals surface area contributed by atoms with Crippen molar-refractivity contribution in [3.8, 4) is 0 Å². The van der Waals surface area contributed by atoms with E-state index in [1.54, 1.807) is 0 Å². The van der Waals surface area contributed by atoms with Crippen LogP contribution < -0.4 is 5.73 Å². The second-order valence-electron chi connectivity index (χ2n) is 5.48. The lowest BCUT2D eigenvalue weighted by Gasteiger charge is -2.23. The number of hydrogen-bond acceptors (Lipinski definition) is 3. The van der Waals surface area contributed by atoms with Gasteiger partial charge in [-0.05, 0) is 50.1 Å². The number of rotatable bonds is 2. The monoisotopic (exact) mass is 256 g/mol. The number of furan rings is 1. The summed E-state index contributed by atoms with van der Waals surface area (Å²) < 4.78 is 5.64. The highest BCUT2D eigenvalue weighted by atomic mass is 16.3. The van der Waals surface area contributed by atoms with Crippen LogP contribution in [0, 0.1) is 13.8 Å². The van der Waals surface area contributed by atoms with Crippen molar-refractivity contribution >= 4 is 5.69 Å². The van der Waals surface area contributed by atoms with Gasteiger partial charge in [0.15, 0.2) is 0 Å². The molecule has 100 valence electrons. The maximum absolute atomic E-state index is 5.86. The summed E-state index contributed by atoms with van der Waals surface area (Å²) in [6.45, 7) is 8.24. The van der Waals surface area contributed by atoms with E-state index in [1.807, 2.05) is 19.9 Å². The van der Waals surface area contributed by atoms with Crippen LogP contribution in [0.25, 0.3) is 0 Å². The van der Waals surface area contributed by atoms with E-state index < -0.39 is 0 Å². The van der Waals surface area contributed by atoms with Crippen LogP contribution in [0.3, 0.4) is 0 Å². The fraction of sp³-hybridized carbons (Fsp3) is 0.375. The van der Waals surface area contributed by atoms with Gasteiger partial charge in [0.25, 0.3) is 0 Å². The van der Waals surface area contributed by atoms with E-state index in [0.717, 1.165) is 30.3 Å². The van der Waals surface area contributed by atoms with Crippen LogP contribution in [0.5, 0.6) is 0 Å². The lowest BCUT2D eigenvalue weighted by atomic mass is 10.1. The van der Waals surface area contributed by atoms with Crippen molar-refractivity contribution in [1.29, 1.82) is 0 Å². The Hall–Kier alpha value is -1.74. The summed E-state index contributed by atoms with van der Waals surface area (Å²) in [5.41, 5.74) is 10.7. The molecule has 0 fully saturated rings. The van der Waals surface area contributed by atoms with E-state index in [9.17, 15) is 0 Å². The van der Waals surface area contributed by atoms with Gasteiger partial charge in [0.05, 0.1) is 0 Å². The van der Waals surface area contributed by atoms with Crippen LogP contribution in [0.1, 0.15) is 41.2 Å². The van der Waals surface area contributed by atoms with Gasteiger partial charge in [-0.25, -0.2) is 0 Å². The molecule has 2 aromatic rings. The molecule has 1 aromatic heterocycles. The number of aryl methyl sites for hydroxylation is 2. The van der Waals surface area contributed by atoms with Gasteiger partial charge in [0, 0.05) is 30.4 Å². The van der Waals surface area contributed by atoms with E-state index in [-0.39, 0.29) is 0 Å². The number of anilines is 1. The number of nitrogen functional groups attached to an aromatic ring is 1. The Morgan fingerprint density at radius 2 is 1.89 bits per heavy atom. The molecule has 3 rings (SSSR count). The molecule has 0 bridgehead atoms. The second-order valence-corrected chi connectivity index (χ2v) is 5.48. The van der Waals surface area contributed by atoms with Crippen molar-refractivity contribution in [3.05, 3.63) is 52.5 Å². The minimum Gasteiger partial charge on any atom is -0.466 e. The Labute approximate surface area is 114 Å². The molecule has 0 amide bonds. The summed E-state index contributed by atoms with van der Waals surface area (Å²) >= 11 is 0. The lowest BCUT2D eigenvalue weighted by Crippen LogP contribution is -2.20. The molecule has 3 heteroatoms. The number of nitrogens with zero attached hydrogens (tertiary/aromatic N) is 1. The van der Waals surface area contributed by atoms with Crippen molar-refractivity contribution in [2.24, 2.45) is 0 Å². The number of fused-ring (bicyclic) bond motifs is 1. The Morgan fingerprint density at radius 3 is 2.58 bits per heavy atom. The average Bonchev–Trinajstić information content (AvgIpc) is 2.91. The van der Waals surface area contributed by atoms with E-state index >= 15 is 0 Å². The van der Waals surface area contributed by atoms with E-state index in [0.29, 0.717) is 6.04 Å². The first-order chi connectivity index (χ1) is 9.04. The van der Waals surface area contributed by atoms with Gasteiger partial charge in [-0.15, -0.1) is 0 Å². The van der Waals surface area contributed by atoms with Crippen LogP contribution in [0.2, 0.25) is 0 Å². The zero-order valence-electron chi connectivity index (χ0n) is 11.7. The summed E-state index contributed by atoms with van der Waals surface area (Å²) in [7, 11) is 0. The SMILES string of the molecule is Cc1cc(C(C)N2Cc3ccc(N)cc3C2)c(C)o1. The van der Waals surface area contributed by atoms with Crippen molar-refractivity contribution < 1.29 is 4.42 Å². The van der Waals surface area contributed by atoms with Gasteiger partial charge in [0.2, 0.25) is 0 Å². The smallest absolute Gasteiger partial charge is 0.105 e. The molecule has 1 unspecified atom stereocenters. The molecular formula is C16H20N2O. The predicted octanol–water partition coefficient (Wildman–Crippen LogP) is 3.56. The summed E-state index contributed by atoms with van der Waals surface area (Å²) in [6, 6.07) is 8.74. The van der Waals surface area contributed by atoms with Gasteiger partial charge in [-0.1, -0.05) is 6.07 Å². The summed E-state index contributed by atoms with van der Waals surface area (Å²) in [5.74, 6) is 2.01. The van der Waals surface area contributed by atoms with Crippen LogP contribution in [-0.4, -0.2) is 4.90 Å². The van der Waals surface area contributed by atoms with Crippen molar-refractivity contribution in [1.82, 2.24) is 4.90 Å². The maximum Gasteiger partial charge on any atom is 0.105 e. The third-order valence-corrected chi connectivity index (χ3v) is 4.05. The minimum atomic E-state index is 0.367. The number of nitrogens with two attached hydrogens (primary N) is 1. The van der Waals surface area contributed by atoms with E-state index in [1.165, 1.54) is 16.7 Å². The Bertz CT molecular complexity index is 615. The predicted molar refractivity (Wildman–Crippen MR) is 76.7 cm³/mol. The van der Waals surface area contributed by atoms with E-state index in [2.05, 4.69) is 30.0 Å². The molecule has 2 heterocycles. The van der Waals surface area contributed by atoms with Crippen molar-refractivity contribution in [2.75, 3.05) is 5.73 Å². The summed E-state index contributed by atoms with van der Waals surface area (Å²) in [4.78, 5) is 2.46. The van der Waals surface area contributed by atoms with Crippen LogP contribution in [0.4, 0.5) is 5.69 Å². The Balaban J connectivity index is 1.84. The molecule has 1 aromatic carbocycles. The highest BCUT2D eigenvalue weighted by Gasteiger charge is 2.26. The molecule has 0 spiro atoms. The molecule has 19 heavy (non-hydrogen) atoms. The largest absolute Gasteiger partial charge is 0.466 e. The lowest BCUT2D eigenvalue weighted by molar-refractivity contribution is 0.213. The fourth-order valence-electron chi connectivity index (χ4n) is 2.98. The average molecular weight is 256 g/mol. The molecule has 0 saturated heterocycles. The molecule has 1 aliphatic heterocycles. The van der Waals surface area contributed by atoms with Gasteiger partial charge < -0.3 is 10.2 Å². The second kappa shape index (κ2) is 4.42. The first-order valence-corrected chi connectivity index (χ1v) is 6.73. The summed E-state index contributed by atoms with van der Waals surface area (Å²) in [5, 5.41) is 0. The molecule has 0 radical (unpaired) electrons.